The van der Waals surface area contributed by atoms with E-state index in [2.05, 4.69) is 247 Å². The third kappa shape index (κ3) is 6.94. The molecule has 9 rings (SSSR count). The smallest absolute Gasteiger partial charge is 0.0579 e. The molecule has 0 amide bonds. The molecule has 0 fully saturated rings. The molecule has 0 aliphatic heterocycles. The average Bonchev–Trinajstić information content (AvgIpc) is 3.53. The summed E-state index contributed by atoms with van der Waals surface area (Å²) < 4.78 is -0.00333. The van der Waals surface area contributed by atoms with E-state index in [1.54, 1.807) is 11.1 Å². The number of hydrogen-bond acceptors (Lipinski definition) is 2. The van der Waals surface area contributed by atoms with Crippen molar-refractivity contribution in [3.63, 3.8) is 0 Å². The number of fused-ring (bicyclic) bond motifs is 5. The van der Waals surface area contributed by atoms with Gasteiger partial charge in [-0.2, -0.15) is 0 Å². The SMILES string of the molecule is CC(C)c1ccc(N(c2ccccc2)c2ccc3cc4c(cc3c2)C([Si](C)(C)C)([Si](C)(C)C)c2cc3cc(N(c5ccccc5)c5ccc(C(C)C)cc5)ccc3cc2-4)cc1. The Morgan fingerprint density at radius 1 is 0.344 bits per heavy atom. The Hall–Kier alpha value is -5.69. The van der Waals surface area contributed by atoms with Crippen molar-refractivity contribution in [1.82, 2.24) is 0 Å². The summed E-state index contributed by atoms with van der Waals surface area (Å²) >= 11 is 0. The lowest BCUT2D eigenvalue weighted by molar-refractivity contribution is 0.866. The fraction of sp³-hybridized carbons (Fsp3) is 0.228. The molecular weight excluding hydrogens is 769 g/mol. The molecule has 0 spiro atoms. The largest absolute Gasteiger partial charge is 0.310 e. The van der Waals surface area contributed by atoms with Crippen molar-refractivity contribution in [3.05, 3.63) is 192 Å². The summed E-state index contributed by atoms with van der Waals surface area (Å²) in [7, 11) is -3.91. The first kappa shape index (κ1) is 40.7. The Morgan fingerprint density at radius 2 is 0.672 bits per heavy atom. The van der Waals surface area contributed by atoms with Crippen LogP contribution in [0.4, 0.5) is 34.1 Å². The molecule has 8 aromatic carbocycles. The van der Waals surface area contributed by atoms with Gasteiger partial charge in [0.05, 0.1) is 16.1 Å². The Kier molecular flexibility index (Phi) is 10.2. The van der Waals surface area contributed by atoms with Crippen LogP contribution in [0.15, 0.2) is 170 Å². The molecular formula is C57H60N2Si2. The van der Waals surface area contributed by atoms with Crippen molar-refractivity contribution in [3.8, 4) is 11.1 Å². The summed E-state index contributed by atoms with van der Waals surface area (Å²) in [5.41, 5.74) is 15.7. The lowest BCUT2D eigenvalue weighted by Crippen LogP contribution is -2.63. The number of hydrogen-bond donors (Lipinski definition) is 0. The zero-order valence-corrected chi connectivity index (χ0v) is 39.7. The second-order valence-electron chi connectivity index (χ2n) is 19.9. The molecule has 0 atom stereocenters. The zero-order valence-electron chi connectivity index (χ0n) is 37.7. The molecule has 4 heteroatoms. The molecule has 1 aliphatic rings. The molecule has 0 bridgehead atoms. The molecule has 61 heavy (non-hydrogen) atoms. The van der Waals surface area contributed by atoms with E-state index in [0.717, 1.165) is 11.4 Å². The molecule has 0 radical (unpaired) electrons. The van der Waals surface area contributed by atoms with Gasteiger partial charge in [-0.3, -0.25) is 0 Å². The van der Waals surface area contributed by atoms with Gasteiger partial charge in [-0.15, -0.1) is 0 Å². The van der Waals surface area contributed by atoms with Gasteiger partial charge >= 0.3 is 0 Å². The van der Waals surface area contributed by atoms with E-state index in [1.165, 1.54) is 66.5 Å². The van der Waals surface area contributed by atoms with E-state index < -0.39 is 16.1 Å². The van der Waals surface area contributed by atoms with Gasteiger partial charge in [0, 0.05) is 38.8 Å². The minimum Gasteiger partial charge on any atom is -0.310 e. The molecule has 0 saturated carbocycles. The van der Waals surface area contributed by atoms with Crippen LogP contribution in [0.2, 0.25) is 39.3 Å². The minimum absolute atomic E-state index is 0.00333. The summed E-state index contributed by atoms with van der Waals surface area (Å²) in [6.07, 6.45) is 0. The summed E-state index contributed by atoms with van der Waals surface area (Å²) in [5, 5.41) is 5.18. The van der Waals surface area contributed by atoms with E-state index in [1.807, 2.05) is 0 Å². The highest BCUT2D eigenvalue weighted by atomic mass is 28.4. The van der Waals surface area contributed by atoms with Crippen molar-refractivity contribution < 1.29 is 0 Å². The standard InChI is InChI=1S/C57H60N2Si2/c1-39(2)41-21-27-49(28-22-41)58(47-17-13-11-14-18-47)51-31-25-43-35-53-54-36-44-26-32-52(59(48-19-15-12-16-20-48)50-29-23-42(24-30-50)40(3)4)34-46(44)38-56(54)57(60(5,6)7,61(8,9)10)55(53)37-45(43)33-51/h11-40H,1-10H3. The number of para-hydroxylation sites is 2. The van der Waals surface area contributed by atoms with Crippen LogP contribution in [0.5, 0.6) is 0 Å². The van der Waals surface area contributed by atoms with Crippen molar-refractivity contribution in [2.45, 2.75) is 83.5 Å². The second-order valence-corrected chi connectivity index (χ2v) is 30.9. The molecule has 0 saturated heterocycles. The average molecular weight is 829 g/mol. The third-order valence-electron chi connectivity index (χ3n) is 13.4. The number of rotatable bonds is 10. The Labute approximate surface area is 366 Å². The summed E-state index contributed by atoms with van der Waals surface area (Å²) in [6.45, 7) is 24.8. The quantitative estimate of drug-likeness (QED) is 0.127. The maximum Gasteiger partial charge on any atom is 0.0579 e. The number of benzene rings is 8. The number of anilines is 6. The Morgan fingerprint density at radius 3 is 1.00 bits per heavy atom. The molecule has 1 aliphatic carbocycles. The van der Waals surface area contributed by atoms with E-state index >= 15 is 0 Å². The lowest BCUT2D eigenvalue weighted by Gasteiger charge is -2.51. The highest BCUT2D eigenvalue weighted by molar-refractivity contribution is 6.99. The summed E-state index contributed by atoms with van der Waals surface area (Å²) in [5.74, 6) is 0.973. The molecule has 0 N–H and O–H groups in total. The molecule has 306 valence electrons. The zero-order chi connectivity index (χ0) is 42.8. The fourth-order valence-corrected chi connectivity index (χ4v) is 23.9. The summed E-state index contributed by atoms with van der Waals surface area (Å²) in [6, 6.07) is 64.4. The maximum absolute atomic E-state index is 2.63. The van der Waals surface area contributed by atoms with Crippen LogP contribution < -0.4 is 9.80 Å². The van der Waals surface area contributed by atoms with Gasteiger partial charge in [0.25, 0.3) is 0 Å². The van der Waals surface area contributed by atoms with E-state index in [9.17, 15) is 0 Å². The van der Waals surface area contributed by atoms with Crippen LogP contribution in [-0.2, 0) is 4.66 Å². The fourth-order valence-electron chi connectivity index (χ4n) is 10.9. The van der Waals surface area contributed by atoms with Gasteiger partial charge in [0.15, 0.2) is 0 Å². The Bertz CT molecular complexity index is 2670. The van der Waals surface area contributed by atoms with Crippen LogP contribution in [0, 0.1) is 0 Å². The highest BCUT2D eigenvalue weighted by Crippen LogP contribution is 2.59. The van der Waals surface area contributed by atoms with Gasteiger partial charge in [0.2, 0.25) is 0 Å². The Balaban J connectivity index is 1.22. The minimum atomic E-state index is -1.96. The van der Waals surface area contributed by atoms with E-state index in [4.69, 9.17) is 0 Å². The summed E-state index contributed by atoms with van der Waals surface area (Å²) in [4.78, 5) is 4.83. The van der Waals surface area contributed by atoms with Crippen molar-refractivity contribution >= 4 is 71.8 Å². The van der Waals surface area contributed by atoms with E-state index in [-0.39, 0.29) is 4.66 Å². The second kappa shape index (κ2) is 15.3. The van der Waals surface area contributed by atoms with Gasteiger partial charge in [-0.1, -0.05) is 152 Å². The van der Waals surface area contributed by atoms with Crippen LogP contribution in [0.3, 0.4) is 0 Å². The van der Waals surface area contributed by atoms with Gasteiger partial charge in [-0.05, 0) is 152 Å². The molecule has 2 nitrogen and oxygen atoms in total. The van der Waals surface area contributed by atoms with Crippen LogP contribution >= 0.6 is 0 Å². The van der Waals surface area contributed by atoms with Crippen molar-refractivity contribution in [2.75, 3.05) is 9.80 Å². The predicted molar refractivity (Wildman–Crippen MR) is 272 cm³/mol. The molecule has 0 unspecified atom stereocenters. The molecule has 8 aromatic rings. The normalized spacial score (nSPS) is 13.5. The van der Waals surface area contributed by atoms with Crippen LogP contribution in [-0.4, -0.2) is 16.1 Å². The van der Waals surface area contributed by atoms with E-state index in [0.29, 0.717) is 11.8 Å². The van der Waals surface area contributed by atoms with Gasteiger partial charge in [-0.25, -0.2) is 0 Å². The van der Waals surface area contributed by atoms with Crippen LogP contribution in [0.25, 0.3) is 32.7 Å². The van der Waals surface area contributed by atoms with Gasteiger partial charge in [0.1, 0.15) is 0 Å². The molecule has 0 heterocycles. The van der Waals surface area contributed by atoms with Crippen LogP contribution in [0.1, 0.15) is 61.8 Å². The monoisotopic (exact) mass is 828 g/mol. The number of nitrogens with zero attached hydrogens (tertiary/aromatic N) is 2. The lowest BCUT2D eigenvalue weighted by atomic mass is 9.97. The highest BCUT2D eigenvalue weighted by Gasteiger charge is 2.59. The van der Waals surface area contributed by atoms with Gasteiger partial charge < -0.3 is 9.80 Å². The van der Waals surface area contributed by atoms with Crippen molar-refractivity contribution in [1.29, 1.82) is 0 Å². The van der Waals surface area contributed by atoms with Crippen molar-refractivity contribution in [2.24, 2.45) is 0 Å². The topological polar surface area (TPSA) is 6.48 Å². The predicted octanol–water partition coefficient (Wildman–Crippen LogP) is 17.2. The first-order valence-electron chi connectivity index (χ1n) is 22.2. The maximum atomic E-state index is 2.63. The first-order valence-corrected chi connectivity index (χ1v) is 29.2. The first-order chi connectivity index (χ1) is 29.2. The third-order valence-corrected chi connectivity index (χ3v) is 23.5. The molecule has 0 aromatic heterocycles.